The second-order valence-electron chi connectivity index (χ2n) is 6.18. The summed E-state index contributed by atoms with van der Waals surface area (Å²) < 4.78 is 0. The zero-order valence-electron chi connectivity index (χ0n) is 13.9. The summed E-state index contributed by atoms with van der Waals surface area (Å²) in [7, 11) is 0. The maximum atomic E-state index is 13.0. The van der Waals surface area contributed by atoms with Gasteiger partial charge in [0.2, 0.25) is 0 Å². The molecule has 0 saturated heterocycles. The van der Waals surface area contributed by atoms with Crippen LogP contribution in [0.1, 0.15) is 39.2 Å². The van der Waals surface area contributed by atoms with Gasteiger partial charge in [0.05, 0.1) is 16.4 Å². The third-order valence-electron chi connectivity index (χ3n) is 4.78. The minimum atomic E-state index is -0.503. The molecule has 4 rings (SSSR count). The standard InChI is InChI=1S/C20H14N2O4/c1-12(13-6-3-2-4-7-13)21-19(23)15-9-5-8-14-17(22(25)26)11-10-16(18(14)15)20(21)24/h2-12H,1H3/t12-/m1/s1. The van der Waals surface area contributed by atoms with Crippen LogP contribution >= 0.6 is 0 Å². The fraction of sp³-hybridized carbons (Fsp3) is 0.100. The normalized spacial score (nSPS) is 14.6. The summed E-state index contributed by atoms with van der Waals surface area (Å²) in [5.41, 5.74) is 1.34. The van der Waals surface area contributed by atoms with E-state index in [2.05, 4.69) is 0 Å². The predicted molar refractivity (Wildman–Crippen MR) is 96.0 cm³/mol. The zero-order chi connectivity index (χ0) is 18.4. The van der Waals surface area contributed by atoms with Crippen molar-refractivity contribution in [3.8, 4) is 0 Å². The number of nitrogens with zero attached hydrogens (tertiary/aromatic N) is 2. The third kappa shape index (κ3) is 2.19. The van der Waals surface area contributed by atoms with Crippen LogP contribution < -0.4 is 0 Å². The second kappa shape index (κ2) is 5.77. The number of carbonyl (C=O) groups is 2. The van der Waals surface area contributed by atoms with Crippen molar-refractivity contribution in [3.05, 3.63) is 87.5 Å². The molecule has 2 amide bonds. The lowest BCUT2D eigenvalue weighted by atomic mass is 9.91. The van der Waals surface area contributed by atoms with Crippen LogP contribution in [0.15, 0.2) is 60.7 Å². The minimum absolute atomic E-state index is 0.115. The van der Waals surface area contributed by atoms with Crippen molar-refractivity contribution in [1.82, 2.24) is 4.90 Å². The van der Waals surface area contributed by atoms with Crippen molar-refractivity contribution < 1.29 is 14.5 Å². The molecule has 6 nitrogen and oxygen atoms in total. The number of carbonyl (C=O) groups excluding carboxylic acids is 2. The molecule has 0 fully saturated rings. The Morgan fingerprint density at radius 1 is 0.885 bits per heavy atom. The van der Waals surface area contributed by atoms with Crippen LogP contribution in [0, 0.1) is 10.1 Å². The van der Waals surface area contributed by atoms with Gasteiger partial charge < -0.3 is 0 Å². The van der Waals surface area contributed by atoms with Crippen LogP contribution in [0.25, 0.3) is 10.8 Å². The Hall–Kier alpha value is -3.54. The minimum Gasteiger partial charge on any atom is -0.269 e. The molecule has 0 N–H and O–H groups in total. The number of non-ortho nitro benzene ring substituents is 1. The lowest BCUT2D eigenvalue weighted by Gasteiger charge is -2.32. The maximum Gasteiger partial charge on any atom is 0.277 e. The van der Waals surface area contributed by atoms with Crippen LogP contribution in [0.5, 0.6) is 0 Å². The second-order valence-corrected chi connectivity index (χ2v) is 6.18. The molecule has 6 heteroatoms. The third-order valence-corrected chi connectivity index (χ3v) is 4.78. The maximum absolute atomic E-state index is 13.0. The smallest absolute Gasteiger partial charge is 0.269 e. The lowest BCUT2D eigenvalue weighted by Crippen LogP contribution is -2.41. The van der Waals surface area contributed by atoms with Crippen LogP contribution in [-0.2, 0) is 0 Å². The van der Waals surface area contributed by atoms with Crippen molar-refractivity contribution in [2.75, 3.05) is 0 Å². The highest BCUT2D eigenvalue weighted by atomic mass is 16.6. The van der Waals surface area contributed by atoms with Gasteiger partial charge in [-0.3, -0.25) is 24.6 Å². The van der Waals surface area contributed by atoms with Gasteiger partial charge >= 0.3 is 0 Å². The van der Waals surface area contributed by atoms with Gasteiger partial charge in [-0.1, -0.05) is 36.4 Å². The molecular formula is C20H14N2O4. The Balaban J connectivity index is 1.92. The summed E-state index contributed by atoms with van der Waals surface area (Å²) in [6.07, 6.45) is 0. The van der Waals surface area contributed by atoms with Crippen molar-refractivity contribution >= 4 is 28.3 Å². The van der Waals surface area contributed by atoms with E-state index in [9.17, 15) is 19.7 Å². The van der Waals surface area contributed by atoms with E-state index in [0.29, 0.717) is 21.9 Å². The van der Waals surface area contributed by atoms with Gasteiger partial charge in [0.15, 0.2) is 0 Å². The number of imide groups is 1. The lowest BCUT2D eigenvalue weighted by molar-refractivity contribution is -0.383. The molecule has 0 unspecified atom stereocenters. The van der Waals surface area contributed by atoms with Gasteiger partial charge in [0.25, 0.3) is 17.5 Å². The fourth-order valence-electron chi connectivity index (χ4n) is 3.49. The molecule has 26 heavy (non-hydrogen) atoms. The molecule has 0 bridgehead atoms. The first-order chi connectivity index (χ1) is 12.5. The highest BCUT2D eigenvalue weighted by Gasteiger charge is 2.37. The topological polar surface area (TPSA) is 80.5 Å². The Labute approximate surface area is 148 Å². The van der Waals surface area contributed by atoms with Crippen molar-refractivity contribution in [2.24, 2.45) is 0 Å². The van der Waals surface area contributed by atoms with Gasteiger partial charge in [0, 0.05) is 22.6 Å². The summed E-state index contributed by atoms with van der Waals surface area (Å²) >= 11 is 0. The Bertz CT molecular complexity index is 1050. The molecule has 0 aromatic heterocycles. The van der Waals surface area contributed by atoms with Crippen molar-refractivity contribution in [2.45, 2.75) is 13.0 Å². The molecule has 128 valence electrons. The number of hydrogen-bond acceptors (Lipinski definition) is 4. The molecule has 0 radical (unpaired) electrons. The number of nitro groups is 1. The monoisotopic (exact) mass is 346 g/mol. The number of nitro benzene ring substituents is 1. The van der Waals surface area contributed by atoms with Gasteiger partial charge in [-0.05, 0) is 30.7 Å². The van der Waals surface area contributed by atoms with E-state index in [1.54, 1.807) is 25.1 Å². The SMILES string of the molecule is C[C@H](c1ccccc1)N1C(=O)c2cccc3c([N+](=O)[O-])ccc(c23)C1=O. The molecule has 1 heterocycles. The van der Waals surface area contributed by atoms with Crippen molar-refractivity contribution in [1.29, 1.82) is 0 Å². The fourth-order valence-corrected chi connectivity index (χ4v) is 3.49. The highest BCUT2D eigenvalue weighted by molar-refractivity contribution is 6.26. The van der Waals surface area contributed by atoms with E-state index in [0.717, 1.165) is 5.56 Å². The summed E-state index contributed by atoms with van der Waals surface area (Å²) in [5.74, 6) is -0.880. The van der Waals surface area contributed by atoms with Crippen LogP contribution in [-0.4, -0.2) is 21.6 Å². The molecule has 3 aromatic carbocycles. The highest BCUT2D eigenvalue weighted by Crippen LogP contribution is 2.37. The zero-order valence-corrected chi connectivity index (χ0v) is 13.9. The first kappa shape index (κ1) is 16.0. The van der Waals surface area contributed by atoms with Crippen molar-refractivity contribution in [3.63, 3.8) is 0 Å². The van der Waals surface area contributed by atoms with Crippen LogP contribution in [0.3, 0.4) is 0 Å². The summed E-state index contributed by atoms with van der Waals surface area (Å²) in [4.78, 5) is 38.1. The molecule has 1 aliphatic heterocycles. The number of rotatable bonds is 3. The van der Waals surface area contributed by atoms with Gasteiger partial charge in [0.1, 0.15) is 0 Å². The van der Waals surface area contributed by atoms with Gasteiger partial charge in [-0.25, -0.2) is 0 Å². The average Bonchev–Trinajstić information content (AvgIpc) is 2.66. The quantitative estimate of drug-likeness (QED) is 0.406. The van der Waals surface area contributed by atoms with E-state index < -0.39 is 22.8 Å². The Kier molecular flexibility index (Phi) is 3.54. The van der Waals surface area contributed by atoms with Gasteiger partial charge in [-0.15, -0.1) is 0 Å². The van der Waals surface area contributed by atoms with Crippen LogP contribution in [0.4, 0.5) is 5.69 Å². The summed E-state index contributed by atoms with van der Waals surface area (Å²) in [6.45, 7) is 1.79. The first-order valence-electron chi connectivity index (χ1n) is 8.13. The van der Waals surface area contributed by atoms with E-state index in [-0.39, 0.29) is 5.69 Å². The molecule has 0 saturated carbocycles. The van der Waals surface area contributed by atoms with E-state index in [4.69, 9.17) is 0 Å². The molecule has 1 aliphatic rings. The van der Waals surface area contributed by atoms with E-state index in [1.807, 2.05) is 30.3 Å². The molecule has 0 spiro atoms. The first-order valence-corrected chi connectivity index (χ1v) is 8.13. The summed E-state index contributed by atoms with van der Waals surface area (Å²) in [6, 6.07) is 16.4. The molecule has 0 aliphatic carbocycles. The van der Waals surface area contributed by atoms with Crippen LogP contribution in [0.2, 0.25) is 0 Å². The van der Waals surface area contributed by atoms with E-state index >= 15 is 0 Å². The molecule has 1 atom stereocenters. The Morgan fingerprint density at radius 2 is 1.54 bits per heavy atom. The van der Waals surface area contributed by atoms with Gasteiger partial charge in [-0.2, -0.15) is 0 Å². The number of benzene rings is 3. The molecule has 3 aromatic rings. The number of amides is 2. The molecular weight excluding hydrogens is 332 g/mol. The van der Waals surface area contributed by atoms with E-state index in [1.165, 1.54) is 17.0 Å². The largest absolute Gasteiger partial charge is 0.277 e. The number of hydrogen-bond donors (Lipinski definition) is 0. The average molecular weight is 346 g/mol. The summed E-state index contributed by atoms with van der Waals surface area (Å²) in [5, 5.41) is 11.9. The Morgan fingerprint density at radius 3 is 2.19 bits per heavy atom. The predicted octanol–water partition coefficient (Wildman–Crippen LogP) is 4.11.